The van der Waals surface area contributed by atoms with Crippen molar-refractivity contribution in [3.63, 3.8) is 0 Å². The minimum atomic E-state index is 0.0914. The highest BCUT2D eigenvalue weighted by Gasteiger charge is 2.11. The molecular weight excluding hydrogens is 386 g/mol. The van der Waals surface area contributed by atoms with Gasteiger partial charge < -0.3 is 10.1 Å². The fraction of sp³-hybridized carbons (Fsp3) is 0.0800. The summed E-state index contributed by atoms with van der Waals surface area (Å²) in [6, 6.07) is 27.7. The zero-order valence-corrected chi connectivity index (χ0v) is 17.0. The Morgan fingerprint density at radius 3 is 2.42 bits per heavy atom. The molecule has 5 rings (SSSR count). The van der Waals surface area contributed by atoms with E-state index in [9.17, 15) is 0 Å². The Kier molecular flexibility index (Phi) is 5.02. The van der Waals surface area contributed by atoms with E-state index in [0.29, 0.717) is 5.95 Å². The molecule has 0 saturated heterocycles. The largest absolute Gasteiger partial charge is 0.457 e. The number of hydrogen-bond acceptors (Lipinski definition) is 5. The van der Waals surface area contributed by atoms with Crippen LogP contribution in [0.1, 0.15) is 18.5 Å². The van der Waals surface area contributed by atoms with Crippen molar-refractivity contribution in [2.45, 2.75) is 13.0 Å². The van der Waals surface area contributed by atoms with Crippen LogP contribution in [0.2, 0.25) is 0 Å². The number of benzene rings is 3. The van der Waals surface area contributed by atoms with Crippen LogP contribution in [0.5, 0.6) is 11.5 Å². The van der Waals surface area contributed by atoms with Gasteiger partial charge in [-0.2, -0.15) is 4.98 Å². The van der Waals surface area contributed by atoms with Crippen molar-refractivity contribution in [2.75, 3.05) is 5.32 Å². The maximum Gasteiger partial charge on any atom is 0.225 e. The zero-order chi connectivity index (χ0) is 21.0. The highest BCUT2D eigenvalue weighted by molar-refractivity contribution is 5.78. The number of nitrogens with one attached hydrogen (secondary N) is 1. The van der Waals surface area contributed by atoms with Crippen LogP contribution in [0.3, 0.4) is 0 Å². The lowest BCUT2D eigenvalue weighted by Crippen LogP contribution is -2.10. The van der Waals surface area contributed by atoms with Gasteiger partial charge in [0.1, 0.15) is 23.6 Å². The number of para-hydroxylation sites is 1. The predicted molar refractivity (Wildman–Crippen MR) is 122 cm³/mol. The van der Waals surface area contributed by atoms with Gasteiger partial charge in [0.05, 0.1) is 17.1 Å². The number of ether oxygens (including phenoxy) is 1. The quantitative estimate of drug-likeness (QED) is 0.386. The Bertz CT molecular complexity index is 1300. The standard InChI is InChI=1S/C25H21N5O/c1-18(19-8-4-2-5-9-19)28-25-26-15-14-24(29-25)30-17-27-22-16-21(12-13-23(22)30)31-20-10-6-3-7-11-20/h2-18H,1H3,(H,26,28,29). The summed E-state index contributed by atoms with van der Waals surface area (Å²) in [5.74, 6) is 2.85. The summed E-state index contributed by atoms with van der Waals surface area (Å²) in [4.78, 5) is 13.6. The molecule has 0 bridgehead atoms. The summed E-state index contributed by atoms with van der Waals surface area (Å²) in [5.41, 5.74) is 2.95. The van der Waals surface area contributed by atoms with E-state index in [1.807, 2.05) is 77.4 Å². The molecule has 0 radical (unpaired) electrons. The molecule has 0 aliphatic carbocycles. The van der Waals surface area contributed by atoms with E-state index in [-0.39, 0.29) is 6.04 Å². The lowest BCUT2D eigenvalue weighted by Gasteiger charge is -2.14. The molecule has 1 unspecified atom stereocenters. The first-order valence-corrected chi connectivity index (χ1v) is 10.1. The van der Waals surface area contributed by atoms with Gasteiger partial charge in [0.25, 0.3) is 0 Å². The third kappa shape index (κ3) is 4.09. The second-order valence-electron chi connectivity index (χ2n) is 7.20. The molecule has 6 heteroatoms. The molecule has 0 aliphatic heterocycles. The molecule has 152 valence electrons. The fourth-order valence-corrected chi connectivity index (χ4v) is 3.43. The van der Waals surface area contributed by atoms with Gasteiger partial charge in [-0.25, -0.2) is 9.97 Å². The van der Waals surface area contributed by atoms with Gasteiger partial charge >= 0.3 is 0 Å². The minimum absolute atomic E-state index is 0.0914. The number of fused-ring (bicyclic) bond motifs is 1. The molecule has 31 heavy (non-hydrogen) atoms. The van der Waals surface area contributed by atoms with Gasteiger partial charge in [-0.1, -0.05) is 48.5 Å². The molecule has 1 N–H and O–H groups in total. The molecule has 5 aromatic rings. The molecule has 2 aromatic heterocycles. The molecule has 0 fully saturated rings. The van der Waals surface area contributed by atoms with Crippen LogP contribution in [0, 0.1) is 0 Å². The normalized spacial score (nSPS) is 11.9. The first-order chi connectivity index (χ1) is 15.3. The van der Waals surface area contributed by atoms with Crippen molar-refractivity contribution in [3.8, 4) is 17.3 Å². The average Bonchev–Trinajstić information content (AvgIpc) is 3.24. The smallest absolute Gasteiger partial charge is 0.225 e. The van der Waals surface area contributed by atoms with Gasteiger partial charge in [-0.15, -0.1) is 0 Å². The molecule has 0 spiro atoms. The van der Waals surface area contributed by atoms with Gasteiger partial charge in [0, 0.05) is 12.3 Å². The first kappa shape index (κ1) is 18.8. The van der Waals surface area contributed by atoms with Crippen molar-refractivity contribution in [1.29, 1.82) is 0 Å². The Balaban J connectivity index is 1.40. The molecule has 3 aromatic carbocycles. The van der Waals surface area contributed by atoms with Gasteiger partial charge in [0.15, 0.2) is 0 Å². The van der Waals surface area contributed by atoms with Crippen LogP contribution >= 0.6 is 0 Å². The maximum atomic E-state index is 5.92. The number of imidazole rings is 1. The Labute approximate surface area is 180 Å². The van der Waals surface area contributed by atoms with E-state index >= 15 is 0 Å². The second-order valence-corrected chi connectivity index (χ2v) is 7.20. The zero-order valence-electron chi connectivity index (χ0n) is 17.0. The summed E-state index contributed by atoms with van der Waals surface area (Å²) in [5, 5.41) is 3.37. The van der Waals surface area contributed by atoms with Crippen LogP contribution < -0.4 is 10.1 Å². The average molecular weight is 407 g/mol. The first-order valence-electron chi connectivity index (χ1n) is 10.1. The van der Waals surface area contributed by atoms with E-state index in [4.69, 9.17) is 9.72 Å². The maximum absolute atomic E-state index is 5.92. The van der Waals surface area contributed by atoms with Crippen LogP contribution in [-0.2, 0) is 0 Å². The Morgan fingerprint density at radius 2 is 1.61 bits per heavy atom. The number of hydrogen-bond donors (Lipinski definition) is 1. The summed E-state index contributed by atoms with van der Waals surface area (Å²) in [6.45, 7) is 2.09. The number of nitrogens with zero attached hydrogens (tertiary/aromatic N) is 4. The SMILES string of the molecule is CC(Nc1nccc(-n2cnc3cc(Oc4ccccc4)ccc32)n1)c1ccccc1. The van der Waals surface area contributed by atoms with Crippen LogP contribution in [0.25, 0.3) is 16.9 Å². The van der Waals surface area contributed by atoms with E-state index in [1.165, 1.54) is 5.56 Å². The molecule has 1 atom stereocenters. The topological polar surface area (TPSA) is 64.9 Å². The van der Waals surface area contributed by atoms with E-state index in [2.05, 4.69) is 34.3 Å². The third-order valence-corrected chi connectivity index (χ3v) is 5.03. The third-order valence-electron chi connectivity index (χ3n) is 5.03. The van der Waals surface area contributed by atoms with E-state index in [1.54, 1.807) is 12.5 Å². The number of aromatic nitrogens is 4. The fourth-order valence-electron chi connectivity index (χ4n) is 3.43. The van der Waals surface area contributed by atoms with Crippen molar-refractivity contribution < 1.29 is 4.74 Å². The highest BCUT2D eigenvalue weighted by atomic mass is 16.5. The van der Waals surface area contributed by atoms with Crippen molar-refractivity contribution in [1.82, 2.24) is 19.5 Å². The molecule has 6 nitrogen and oxygen atoms in total. The van der Waals surface area contributed by atoms with Gasteiger partial charge in [-0.3, -0.25) is 4.57 Å². The molecular formula is C25H21N5O. The summed E-state index contributed by atoms with van der Waals surface area (Å²) in [6.07, 6.45) is 3.52. The molecule has 0 amide bonds. The monoisotopic (exact) mass is 407 g/mol. The molecule has 0 aliphatic rings. The van der Waals surface area contributed by atoms with Crippen molar-refractivity contribution >= 4 is 17.0 Å². The van der Waals surface area contributed by atoms with Crippen molar-refractivity contribution in [2.24, 2.45) is 0 Å². The van der Waals surface area contributed by atoms with Crippen LogP contribution in [-0.4, -0.2) is 19.5 Å². The predicted octanol–water partition coefficient (Wildman–Crippen LogP) is 5.78. The van der Waals surface area contributed by atoms with Crippen LogP contribution in [0.15, 0.2) is 97.5 Å². The lowest BCUT2D eigenvalue weighted by atomic mass is 10.1. The Morgan fingerprint density at radius 1 is 0.839 bits per heavy atom. The van der Waals surface area contributed by atoms with Crippen molar-refractivity contribution in [3.05, 3.63) is 103 Å². The summed E-state index contributed by atoms with van der Waals surface area (Å²) < 4.78 is 7.87. The van der Waals surface area contributed by atoms with Crippen LogP contribution in [0.4, 0.5) is 5.95 Å². The Hall–Kier alpha value is -4.19. The molecule has 0 saturated carbocycles. The highest BCUT2D eigenvalue weighted by Crippen LogP contribution is 2.26. The number of anilines is 1. The van der Waals surface area contributed by atoms with Gasteiger partial charge in [0.2, 0.25) is 5.95 Å². The van der Waals surface area contributed by atoms with E-state index in [0.717, 1.165) is 28.4 Å². The summed E-state index contributed by atoms with van der Waals surface area (Å²) in [7, 11) is 0. The summed E-state index contributed by atoms with van der Waals surface area (Å²) >= 11 is 0. The number of rotatable bonds is 6. The minimum Gasteiger partial charge on any atom is -0.457 e. The lowest BCUT2D eigenvalue weighted by molar-refractivity contribution is 0.483. The van der Waals surface area contributed by atoms with E-state index < -0.39 is 0 Å². The molecule has 2 heterocycles. The van der Waals surface area contributed by atoms with Gasteiger partial charge in [-0.05, 0) is 42.8 Å². The second kappa shape index (κ2) is 8.28.